The zero-order chi connectivity index (χ0) is 40.0. The van der Waals surface area contributed by atoms with Gasteiger partial charge in [0.2, 0.25) is 10.0 Å². The number of para-hydroxylation sites is 1. The van der Waals surface area contributed by atoms with E-state index in [2.05, 4.69) is 92.3 Å². The van der Waals surface area contributed by atoms with Gasteiger partial charge in [-0.05, 0) is 129 Å². The Morgan fingerprint density at radius 1 is 0.857 bits per heavy atom. The van der Waals surface area contributed by atoms with Crippen molar-refractivity contribution in [1.29, 1.82) is 0 Å². The third-order valence-corrected chi connectivity index (χ3v) is 12.9. The molecule has 294 valence electrons. The molecule has 10 heteroatoms. The molecule has 1 atom stereocenters. The molecule has 0 aromatic heterocycles. The van der Waals surface area contributed by atoms with E-state index in [0.29, 0.717) is 30.1 Å². The number of aliphatic hydroxyl groups is 1. The molecule has 1 aliphatic carbocycles. The van der Waals surface area contributed by atoms with Gasteiger partial charge in [-0.2, -0.15) is 0 Å². The van der Waals surface area contributed by atoms with E-state index in [1.165, 1.54) is 0 Å². The minimum absolute atomic E-state index is 0.0665. The van der Waals surface area contributed by atoms with Gasteiger partial charge in [-0.3, -0.25) is 0 Å². The predicted octanol–water partition coefficient (Wildman–Crippen LogP) is 10.8. The first-order chi connectivity index (χ1) is 26.9. The molecule has 0 spiro atoms. The summed E-state index contributed by atoms with van der Waals surface area (Å²) >= 11 is 1.60. The molecule has 3 N–H and O–H groups in total. The van der Waals surface area contributed by atoms with Crippen LogP contribution in [0.15, 0.2) is 110 Å². The lowest BCUT2D eigenvalue weighted by atomic mass is 9.93. The number of fused-ring (bicyclic) bond motifs is 2. The summed E-state index contributed by atoms with van der Waals surface area (Å²) in [4.78, 5) is 6.38. The molecular weight excluding hydrogens is 737 g/mol. The van der Waals surface area contributed by atoms with Crippen LogP contribution in [0.1, 0.15) is 61.8 Å². The van der Waals surface area contributed by atoms with Crippen LogP contribution in [-0.4, -0.2) is 44.6 Å². The lowest BCUT2D eigenvalue weighted by Crippen LogP contribution is -2.29. The number of aliphatic hydroxyl groups excluding tert-OH is 1. The Bertz CT molecular complexity index is 2430. The second-order valence-corrected chi connectivity index (χ2v) is 17.7. The minimum Gasteiger partial charge on any atom is -0.456 e. The van der Waals surface area contributed by atoms with Gasteiger partial charge in [0.25, 0.3) is 0 Å². The van der Waals surface area contributed by atoms with Crippen molar-refractivity contribution in [2.24, 2.45) is 10.9 Å². The molecule has 0 saturated heterocycles. The van der Waals surface area contributed by atoms with E-state index in [1.807, 2.05) is 49.5 Å². The number of nitrogens with one attached hydrogen (secondary N) is 2. The Morgan fingerprint density at radius 3 is 2.29 bits per heavy atom. The van der Waals surface area contributed by atoms with Crippen molar-refractivity contribution < 1.29 is 17.9 Å². The summed E-state index contributed by atoms with van der Waals surface area (Å²) < 4.78 is 38.5. The van der Waals surface area contributed by atoms with Crippen molar-refractivity contribution in [3.05, 3.63) is 119 Å². The van der Waals surface area contributed by atoms with Gasteiger partial charge in [-0.1, -0.05) is 69.5 Å². The van der Waals surface area contributed by atoms with Gasteiger partial charge in [-0.25, -0.2) is 22.4 Å². The van der Waals surface area contributed by atoms with Crippen LogP contribution in [-0.2, 0) is 10.0 Å². The van der Waals surface area contributed by atoms with Crippen molar-refractivity contribution in [3.63, 3.8) is 0 Å². The van der Waals surface area contributed by atoms with Crippen LogP contribution in [0.3, 0.4) is 0 Å². The average Bonchev–Trinajstić information content (AvgIpc) is 3.17. The molecule has 8 nitrogen and oxygen atoms in total. The normalized spacial score (nSPS) is 12.9. The van der Waals surface area contributed by atoms with E-state index < -0.39 is 10.0 Å². The molecular formula is C46H54N4O4S2. The highest BCUT2D eigenvalue weighted by atomic mass is 32.2. The summed E-state index contributed by atoms with van der Waals surface area (Å²) in [5, 5.41) is 14.9. The number of unbranched alkanes of at least 4 members (excludes halogenated alkanes) is 1. The van der Waals surface area contributed by atoms with Crippen LogP contribution in [0.5, 0.6) is 0 Å². The lowest BCUT2D eigenvalue weighted by molar-refractivity contribution is 0.273. The summed E-state index contributed by atoms with van der Waals surface area (Å²) in [6.07, 6.45) is 4.14. The predicted molar refractivity (Wildman–Crippen MR) is 233 cm³/mol. The number of aryl methyl sites for hydroxylation is 4. The lowest BCUT2D eigenvalue weighted by Gasteiger charge is -2.21. The SMILES string of the molecule is CCCCC(CC)CNS(=O)(=O)c1cc(C)c(N=c2ccc3c(-c4ccccc4SN(C)CCO)c4ccc(Nc5c(C)cccc5C)cc4oc-3c2)c(C)c1. The van der Waals surface area contributed by atoms with E-state index >= 15 is 0 Å². The number of anilines is 2. The van der Waals surface area contributed by atoms with Gasteiger partial charge in [0, 0.05) is 58.0 Å². The summed E-state index contributed by atoms with van der Waals surface area (Å²) in [7, 11) is -1.70. The standard InChI is InChI=1S/C46H54N4O4S2/c1-8-10-16-34(9-2)29-47-56(52,53)37-25-32(5)46(33(6)26-37)49-36-20-22-39-42(28-36)54-41-27-35(48-45-30(3)14-13-15-31(45)4)19-21-38(41)44(39)40-17-11-12-18-43(40)55-50(7)23-24-51/h11-15,17-22,25-28,34,47-48,51H,8-10,16,23-24,29H2,1-7H3. The number of hydrogen-bond acceptors (Lipinski definition) is 8. The Morgan fingerprint density at radius 2 is 1.59 bits per heavy atom. The molecule has 4 aromatic rings. The van der Waals surface area contributed by atoms with Crippen molar-refractivity contribution >= 4 is 50.0 Å². The first-order valence-electron chi connectivity index (χ1n) is 19.5. The van der Waals surface area contributed by atoms with Crippen LogP contribution >= 0.6 is 11.9 Å². The van der Waals surface area contributed by atoms with Gasteiger partial charge in [-0.15, -0.1) is 0 Å². The molecule has 2 aliphatic rings. The van der Waals surface area contributed by atoms with Crippen molar-refractivity contribution in [1.82, 2.24) is 9.03 Å². The summed E-state index contributed by atoms with van der Waals surface area (Å²) in [6, 6.07) is 30.3. The average molecular weight is 791 g/mol. The third-order valence-electron chi connectivity index (χ3n) is 10.4. The van der Waals surface area contributed by atoms with Crippen molar-refractivity contribution in [3.8, 4) is 22.5 Å². The van der Waals surface area contributed by atoms with Crippen LogP contribution in [0, 0.1) is 33.6 Å². The Labute approximate surface area is 336 Å². The fourth-order valence-corrected chi connectivity index (χ4v) is 9.41. The van der Waals surface area contributed by atoms with E-state index in [1.54, 1.807) is 24.1 Å². The van der Waals surface area contributed by atoms with Crippen molar-refractivity contribution in [2.75, 3.05) is 32.1 Å². The Balaban J connectivity index is 1.45. The van der Waals surface area contributed by atoms with Gasteiger partial charge in [0.1, 0.15) is 11.3 Å². The quantitative estimate of drug-likeness (QED) is 0.0662. The van der Waals surface area contributed by atoms with Crippen LogP contribution in [0.2, 0.25) is 0 Å². The minimum atomic E-state index is -3.68. The molecule has 1 unspecified atom stereocenters. The van der Waals surface area contributed by atoms with Crippen LogP contribution < -0.4 is 15.4 Å². The maximum absolute atomic E-state index is 13.4. The molecule has 0 amide bonds. The number of likely N-dealkylation sites (N-methyl/N-ethyl adjacent to an activating group) is 1. The van der Waals surface area contributed by atoms with Crippen molar-refractivity contribution in [2.45, 2.75) is 77.0 Å². The highest BCUT2D eigenvalue weighted by Crippen LogP contribution is 2.44. The topological polar surface area (TPSA) is 107 Å². The number of benzene rings is 5. The van der Waals surface area contributed by atoms with Gasteiger partial charge < -0.3 is 14.8 Å². The summed E-state index contributed by atoms with van der Waals surface area (Å²) in [5.74, 6) is 0.992. The van der Waals surface area contributed by atoms with Crippen LogP contribution in [0.25, 0.3) is 33.4 Å². The van der Waals surface area contributed by atoms with Gasteiger partial charge >= 0.3 is 0 Å². The smallest absolute Gasteiger partial charge is 0.240 e. The van der Waals surface area contributed by atoms with E-state index in [0.717, 1.165) is 97.6 Å². The van der Waals surface area contributed by atoms with E-state index in [-0.39, 0.29) is 11.5 Å². The number of rotatable bonds is 16. The number of sulfonamides is 1. The summed E-state index contributed by atoms with van der Waals surface area (Å²) in [6.45, 7) is 13.3. The largest absolute Gasteiger partial charge is 0.456 e. The molecule has 0 radical (unpaired) electrons. The zero-order valence-electron chi connectivity index (χ0n) is 33.6. The maximum Gasteiger partial charge on any atom is 0.240 e. The highest BCUT2D eigenvalue weighted by molar-refractivity contribution is 7.97. The third kappa shape index (κ3) is 9.39. The monoisotopic (exact) mass is 790 g/mol. The number of nitrogens with zero attached hydrogens (tertiary/aromatic N) is 2. The first kappa shape index (κ1) is 41.2. The molecule has 4 aromatic carbocycles. The van der Waals surface area contributed by atoms with Gasteiger partial charge in [0.05, 0.1) is 22.5 Å². The van der Waals surface area contributed by atoms with E-state index in [9.17, 15) is 13.5 Å². The van der Waals surface area contributed by atoms with E-state index in [4.69, 9.17) is 9.41 Å². The zero-order valence-corrected chi connectivity index (χ0v) is 35.2. The molecule has 0 saturated carbocycles. The summed E-state index contributed by atoms with van der Waals surface area (Å²) in [5.41, 5.74) is 10.3. The van der Waals surface area contributed by atoms with Gasteiger partial charge in [0.15, 0.2) is 0 Å². The molecule has 0 bridgehead atoms. The Hall–Kier alpha value is -4.45. The first-order valence-corrected chi connectivity index (χ1v) is 21.8. The highest BCUT2D eigenvalue weighted by Gasteiger charge is 2.22. The maximum atomic E-state index is 13.4. The fraction of sp³-hybridized carbons (Fsp3) is 0.326. The molecule has 6 rings (SSSR count). The van der Waals surface area contributed by atoms with Crippen LogP contribution in [0.4, 0.5) is 17.1 Å². The molecule has 56 heavy (non-hydrogen) atoms. The molecule has 0 fully saturated rings. The molecule has 1 heterocycles. The number of hydrogen-bond donors (Lipinski definition) is 3. The Kier molecular flexibility index (Phi) is 13.4. The second-order valence-electron chi connectivity index (χ2n) is 14.7. The molecule has 1 aliphatic heterocycles. The fourth-order valence-electron chi connectivity index (χ4n) is 7.21. The second kappa shape index (κ2) is 18.2.